The van der Waals surface area contributed by atoms with Crippen LogP contribution >= 0.6 is 0 Å². The van der Waals surface area contributed by atoms with E-state index in [-0.39, 0.29) is 0 Å². The Morgan fingerprint density at radius 3 is 2.10 bits per heavy atom. The van der Waals surface area contributed by atoms with E-state index in [4.69, 9.17) is 14.5 Å². The molecule has 0 spiro atoms. The lowest BCUT2D eigenvalue weighted by molar-refractivity contribution is 0.0600. The van der Waals surface area contributed by atoms with Crippen LogP contribution in [-0.4, -0.2) is 31.4 Å². The van der Waals surface area contributed by atoms with Gasteiger partial charge in [0.1, 0.15) is 11.8 Å². The van der Waals surface area contributed by atoms with Crippen molar-refractivity contribution in [2.75, 3.05) is 13.7 Å². The Kier molecular flexibility index (Phi) is 7.34. The molecule has 150 valence electrons. The minimum atomic E-state index is -0.566. The highest BCUT2D eigenvalue weighted by atomic mass is 16.5. The molecule has 0 heterocycles. The summed E-state index contributed by atoms with van der Waals surface area (Å²) in [6.45, 7) is 0.295. The lowest BCUT2D eigenvalue weighted by Gasteiger charge is -2.12. The number of rotatable bonds is 8. The molecule has 1 atom stereocenters. The minimum absolute atomic E-state index is 0.295. The number of ether oxygens (including phenoxy) is 2. The van der Waals surface area contributed by atoms with Crippen molar-refractivity contribution in [2.24, 2.45) is 4.99 Å². The summed E-state index contributed by atoms with van der Waals surface area (Å²) in [5, 5.41) is 9.64. The normalized spacial score (nSPS) is 11.1. The van der Waals surface area contributed by atoms with E-state index >= 15 is 0 Å². The Labute approximate surface area is 176 Å². The number of methoxy groups -OCH3 is 1. The van der Waals surface area contributed by atoms with Crippen LogP contribution in [0.15, 0.2) is 89.9 Å². The van der Waals surface area contributed by atoms with E-state index in [1.807, 2.05) is 60.7 Å². The van der Waals surface area contributed by atoms with Crippen LogP contribution in [0.1, 0.15) is 27.9 Å². The number of nitrogens with zero attached hydrogens (tertiary/aromatic N) is 2. The fourth-order valence-electron chi connectivity index (χ4n) is 2.94. The van der Waals surface area contributed by atoms with Crippen molar-refractivity contribution >= 4 is 11.7 Å². The summed E-state index contributed by atoms with van der Waals surface area (Å²) in [4.78, 5) is 16.4. The largest absolute Gasteiger partial charge is 0.493 e. The van der Waals surface area contributed by atoms with Crippen LogP contribution in [0.4, 0.5) is 0 Å². The van der Waals surface area contributed by atoms with E-state index in [0.29, 0.717) is 24.3 Å². The van der Waals surface area contributed by atoms with Gasteiger partial charge in [0, 0.05) is 17.5 Å². The maximum absolute atomic E-state index is 11.6. The minimum Gasteiger partial charge on any atom is -0.493 e. The third-order valence-corrected chi connectivity index (χ3v) is 4.44. The van der Waals surface area contributed by atoms with Crippen molar-refractivity contribution in [1.29, 1.82) is 5.26 Å². The van der Waals surface area contributed by atoms with Gasteiger partial charge in [-0.1, -0.05) is 66.7 Å². The van der Waals surface area contributed by atoms with Crippen LogP contribution in [-0.2, 0) is 4.74 Å². The average Bonchev–Trinajstić information content (AvgIpc) is 2.82. The second kappa shape index (κ2) is 10.6. The molecule has 0 N–H and O–H groups in total. The summed E-state index contributed by atoms with van der Waals surface area (Å²) in [7, 11) is 1.34. The predicted molar refractivity (Wildman–Crippen MR) is 116 cm³/mol. The number of hydrogen-bond acceptors (Lipinski definition) is 5. The number of aliphatic imine (C=N–C) groups is 1. The summed E-state index contributed by atoms with van der Waals surface area (Å²) < 4.78 is 10.5. The Morgan fingerprint density at radius 2 is 1.53 bits per heavy atom. The fourth-order valence-corrected chi connectivity index (χ4v) is 2.94. The first-order valence-corrected chi connectivity index (χ1v) is 9.60. The van der Waals surface area contributed by atoms with Gasteiger partial charge in [-0.05, 0) is 18.2 Å². The molecule has 5 heteroatoms. The van der Waals surface area contributed by atoms with Crippen molar-refractivity contribution < 1.29 is 14.3 Å². The molecule has 0 fully saturated rings. The Hall–Kier alpha value is -3.91. The van der Waals surface area contributed by atoms with Crippen molar-refractivity contribution in [3.05, 3.63) is 102 Å². The van der Waals surface area contributed by atoms with Crippen LogP contribution in [0.25, 0.3) is 0 Å². The number of esters is 1. The van der Waals surface area contributed by atoms with Gasteiger partial charge in [0.25, 0.3) is 0 Å². The van der Waals surface area contributed by atoms with Crippen LogP contribution in [0.3, 0.4) is 0 Å². The van der Waals surface area contributed by atoms with Crippen LogP contribution in [0, 0.1) is 11.3 Å². The van der Waals surface area contributed by atoms with Gasteiger partial charge in [0.15, 0.2) is 0 Å². The van der Waals surface area contributed by atoms with E-state index in [1.54, 1.807) is 24.3 Å². The van der Waals surface area contributed by atoms with Crippen molar-refractivity contribution in [2.45, 2.75) is 12.5 Å². The second-order valence-corrected chi connectivity index (χ2v) is 6.51. The molecule has 3 aromatic rings. The fraction of sp³-hybridized carbons (Fsp3) is 0.160. The number of carbonyl (C=O) groups is 1. The Balaban J connectivity index is 1.74. The van der Waals surface area contributed by atoms with Gasteiger partial charge in [-0.25, -0.2) is 4.79 Å². The average molecular weight is 398 g/mol. The topological polar surface area (TPSA) is 71.7 Å². The zero-order valence-corrected chi connectivity index (χ0v) is 16.7. The third kappa shape index (κ3) is 5.55. The lowest BCUT2D eigenvalue weighted by Crippen LogP contribution is -2.13. The summed E-state index contributed by atoms with van der Waals surface area (Å²) in [6.07, 6.45) is 0.419. The van der Waals surface area contributed by atoms with Gasteiger partial charge in [-0.3, -0.25) is 4.99 Å². The molecule has 0 amide bonds. The first kappa shape index (κ1) is 20.8. The number of nitriles is 1. The zero-order chi connectivity index (χ0) is 21.2. The van der Waals surface area contributed by atoms with E-state index in [9.17, 15) is 10.1 Å². The van der Waals surface area contributed by atoms with Crippen LogP contribution in [0.2, 0.25) is 0 Å². The van der Waals surface area contributed by atoms with E-state index in [0.717, 1.165) is 16.8 Å². The zero-order valence-electron chi connectivity index (χ0n) is 16.7. The maximum atomic E-state index is 11.6. The summed E-state index contributed by atoms with van der Waals surface area (Å²) >= 11 is 0. The smallest absolute Gasteiger partial charge is 0.337 e. The highest BCUT2D eigenvalue weighted by molar-refractivity contribution is 6.13. The molecule has 0 aromatic heterocycles. The first-order valence-electron chi connectivity index (χ1n) is 9.60. The highest BCUT2D eigenvalue weighted by Gasteiger charge is 2.12. The Morgan fingerprint density at radius 1 is 0.933 bits per heavy atom. The molecule has 0 radical (unpaired) electrons. The van der Waals surface area contributed by atoms with E-state index < -0.39 is 12.0 Å². The maximum Gasteiger partial charge on any atom is 0.337 e. The molecular formula is C25H22N2O3. The molecule has 0 bridgehead atoms. The van der Waals surface area contributed by atoms with Gasteiger partial charge >= 0.3 is 5.97 Å². The quantitative estimate of drug-likeness (QED) is 0.408. The van der Waals surface area contributed by atoms with Crippen LogP contribution in [0.5, 0.6) is 5.75 Å². The van der Waals surface area contributed by atoms with Gasteiger partial charge in [0.2, 0.25) is 0 Å². The van der Waals surface area contributed by atoms with Crippen molar-refractivity contribution in [1.82, 2.24) is 0 Å². The molecule has 30 heavy (non-hydrogen) atoms. The van der Waals surface area contributed by atoms with Gasteiger partial charge in [0.05, 0.1) is 31.1 Å². The number of hydrogen-bond donors (Lipinski definition) is 0. The molecule has 5 nitrogen and oxygen atoms in total. The van der Waals surface area contributed by atoms with Gasteiger partial charge in [-0.2, -0.15) is 5.26 Å². The van der Waals surface area contributed by atoms with Gasteiger partial charge in [-0.15, -0.1) is 0 Å². The van der Waals surface area contributed by atoms with E-state index in [1.165, 1.54) is 7.11 Å². The van der Waals surface area contributed by atoms with Crippen molar-refractivity contribution in [3.8, 4) is 11.8 Å². The van der Waals surface area contributed by atoms with Gasteiger partial charge < -0.3 is 9.47 Å². The molecule has 0 saturated carbocycles. The molecule has 0 aliphatic carbocycles. The first-order chi connectivity index (χ1) is 14.7. The summed E-state index contributed by atoms with van der Waals surface area (Å²) in [5.41, 5.74) is 3.10. The molecule has 3 aromatic carbocycles. The predicted octanol–water partition coefficient (Wildman–Crippen LogP) is 4.67. The summed E-state index contributed by atoms with van der Waals surface area (Å²) in [6, 6.07) is 28.1. The molecule has 0 aliphatic rings. The summed E-state index contributed by atoms with van der Waals surface area (Å²) in [5.74, 6) is 0.125. The van der Waals surface area contributed by atoms with Crippen molar-refractivity contribution in [3.63, 3.8) is 0 Å². The highest BCUT2D eigenvalue weighted by Crippen LogP contribution is 2.16. The van der Waals surface area contributed by atoms with Crippen LogP contribution < -0.4 is 4.74 Å². The lowest BCUT2D eigenvalue weighted by atomic mass is 10.0. The SMILES string of the molecule is COC(=O)c1cccc(OCCC(C#N)N=C(c2ccccc2)c2ccccc2)c1. The second-order valence-electron chi connectivity index (χ2n) is 6.51. The molecular weight excluding hydrogens is 376 g/mol. The standard InChI is InChI=1S/C25H22N2O3/c1-29-25(28)21-13-8-14-23(17-21)30-16-15-22(18-26)27-24(19-9-4-2-5-10-19)20-11-6-3-7-12-20/h2-14,17,22H,15-16H2,1H3. The molecule has 0 saturated heterocycles. The Bertz CT molecular complexity index is 999. The number of benzene rings is 3. The molecule has 1 unspecified atom stereocenters. The molecule has 0 aliphatic heterocycles. The monoisotopic (exact) mass is 398 g/mol. The molecule has 3 rings (SSSR count). The number of carbonyl (C=O) groups excluding carboxylic acids is 1. The van der Waals surface area contributed by atoms with E-state index in [2.05, 4.69) is 6.07 Å². The third-order valence-electron chi connectivity index (χ3n) is 4.44.